The molecule has 1 aliphatic heterocycles. The number of likely N-dealkylation sites (tertiary alicyclic amines) is 1. The van der Waals surface area contributed by atoms with Crippen molar-refractivity contribution < 1.29 is 24.1 Å². The zero-order valence-corrected chi connectivity index (χ0v) is 16.6. The third-order valence-corrected chi connectivity index (χ3v) is 5.12. The van der Waals surface area contributed by atoms with Gasteiger partial charge in [0.05, 0.1) is 26.9 Å². The normalized spacial score (nSPS) is 17.9. The number of aliphatic carboxylic acids is 1. The molecule has 1 fully saturated rings. The van der Waals surface area contributed by atoms with Crippen LogP contribution >= 0.6 is 0 Å². The van der Waals surface area contributed by atoms with Gasteiger partial charge in [0.1, 0.15) is 11.8 Å². The maximum absolute atomic E-state index is 11.9. The van der Waals surface area contributed by atoms with Crippen molar-refractivity contribution >= 4 is 5.97 Å². The highest BCUT2D eigenvalue weighted by atomic mass is 16.5. The maximum atomic E-state index is 11.9. The molecule has 2 aromatic rings. The molecule has 0 saturated carbocycles. The smallest absolute Gasteiger partial charge is 0.320 e. The number of rotatable bonds is 8. The molecular weight excluding hydrogens is 358 g/mol. The van der Waals surface area contributed by atoms with Gasteiger partial charge >= 0.3 is 5.97 Å². The number of carbonyl (C=O) groups is 1. The summed E-state index contributed by atoms with van der Waals surface area (Å²) in [6.45, 7) is 3.16. The summed E-state index contributed by atoms with van der Waals surface area (Å²) >= 11 is 0. The van der Waals surface area contributed by atoms with Gasteiger partial charge < -0.3 is 19.3 Å². The van der Waals surface area contributed by atoms with Crippen molar-refractivity contribution in [1.82, 2.24) is 4.90 Å². The minimum absolute atomic E-state index is 0.219. The predicted molar refractivity (Wildman–Crippen MR) is 106 cm³/mol. The molecule has 1 heterocycles. The molecule has 3 rings (SSSR count). The fourth-order valence-corrected chi connectivity index (χ4v) is 3.88. The molecule has 0 radical (unpaired) electrons. The molecule has 6 heteroatoms. The highest BCUT2D eigenvalue weighted by Gasteiger charge is 2.37. The lowest BCUT2D eigenvalue weighted by Gasteiger charge is -2.32. The van der Waals surface area contributed by atoms with E-state index >= 15 is 0 Å². The molecule has 1 saturated heterocycles. The number of carboxylic acid groups (broad SMARTS) is 1. The van der Waals surface area contributed by atoms with Crippen molar-refractivity contribution in [1.29, 1.82) is 0 Å². The van der Waals surface area contributed by atoms with Crippen molar-refractivity contribution in [3.63, 3.8) is 0 Å². The molecule has 2 aromatic carbocycles. The Kier molecular flexibility index (Phi) is 6.41. The van der Waals surface area contributed by atoms with Crippen LogP contribution in [0.3, 0.4) is 0 Å². The third kappa shape index (κ3) is 4.07. The van der Waals surface area contributed by atoms with Crippen molar-refractivity contribution in [3.05, 3.63) is 53.6 Å². The standard InChI is InChI=1S/C22H27NO5/c1-4-28-20-14-16(10-11-19(20)27-3)21(15-7-5-8-17(13-15)26-2)23-12-6-9-18(23)22(24)25/h5,7-8,10-11,13-14,18,21H,4,6,9,12H2,1-3H3,(H,24,25). The monoisotopic (exact) mass is 385 g/mol. The zero-order valence-electron chi connectivity index (χ0n) is 16.6. The number of carboxylic acids is 1. The Morgan fingerprint density at radius 3 is 2.61 bits per heavy atom. The van der Waals surface area contributed by atoms with Gasteiger partial charge in [0.2, 0.25) is 0 Å². The van der Waals surface area contributed by atoms with Gasteiger partial charge in [-0.15, -0.1) is 0 Å². The molecule has 28 heavy (non-hydrogen) atoms. The molecule has 1 N–H and O–H groups in total. The summed E-state index contributed by atoms with van der Waals surface area (Å²) in [5.41, 5.74) is 1.95. The summed E-state index contributed by atoms with van der Waals surface area (Å²) in [4.78, 5) is 13.9. The average Bonchev–Trinajstić information content (AvgIpc) is 3.18. The van der Waals surface area contributed by atoms with Crippen LogP contribution in [-0.2, 0) is 4.79 Å². The average molecular weight is 385 g/mol. The van der Waals surface area contributed by atoms with E-state index in [0.717, 1.165) is 29.8 Å². The van der Waals surface area contributed by atoms with Crippen LogP contribution in [0.5, 0.6) is 17.2 Å². The molecule has 0 bridgehead atoms. The van der Waals surface area contributed by atoms with Gasteiger partial charge in [-0.2, -0.15) is 0 Å². The molecule has 0 spiro atoms. The Hall–Kier alpha value is -2.73. The van der Waals surface area contributed by atoms with Crippen molar-refractivity contribution in [2.24, 2.45) is 0 Å². The van der Waals surface area contributed by atoms with E-state index in [1.165, 1.54) is 0 Å². The SMILES string of the molecule is CCOc1cc(C(c2cccc(OC)c2)N2CCCC2C(=O)O)ccc1OC. The van der Waals surface area contributed by atoms with Crippen LogP contribution in [0, 0.1) is 0 Å². The maximum Gasteiger partial charge on any atom is 0.320 e. The first-order chi connectivity index (χ1) is 13.6. The van der Waals surface area contributed by atoms with Gasteiger partial charge in [-0.1, -0.05) is 18.2 Å². The van der Waals surface area contributed by atoms with E-state index in [2.05, 4.69) is 4.90 Å². The van der Waals surface area contributed by atoms with Crippen LogP contribution in [0.1, 0.15) is 36.9 Å². The van der Waals surface area contributed by atoms with E-state index < -0.39 is 12.0 Å². The van der Waals surface area contributed by atoms with Gasteiger partial charge in [-0.05, 0) is 55.2 Å². The van der Waals surface area contributed by atoms with E-state index in [-0.39, 0.29) is 6.04 Å². The van der Waals surface area contributed by atoms with Crippen LogP contribution < -0.4 is 14.2 Å². The Bertz CT molecular complexity index is 822. The summed E-state index contributed by atoms with van der Waals surface area (Å²) in [5, 5.41) is 9.74. The number of benzene rings is 2. The molecule has 1 aliphatic rings. The summed E-state index contributed by atoms with van der Waals surface area (Å²) in [7, 11) is 3.24. The van der Waals surface area contributed by atoms with E-state index in [1.807, 2.05) is 49.4 Å². The molecular formula is C22H27NO5. The van der Waals surface area contributed by atoms with Crippen molar-refractivity contribution in [3.8, 4) is 17.2 Å². The third-order valence-electron chi connectivity index (χ3n) is 5.12. The summed E-state index contributed by atoms with van der Waals surface area (Å²) in [6, 6.07) is 12.9. The van der Waals surface area contributed by atoms with E-state index in [4.69, 9.17) is 14.2 Å². The second kappa shape index (κ2) is 8.97. The molecule has 150 valence electrons. The van der Waals surface area contributed by atoms with Crippen molar-refractivity contribution in [2.75, 3.05) is 27.4 Å². The van der Waals surface area contributed by atoms with E-state index in [9.17, 15) is 9.90 Å². The second-order valence-electron chi connectivity index (χ2n) is 6.76. The van der Waals surface area contributed by atoms with Crippen LogP contribution in [0.25, 0.3) is 0 Å². The summed E-state index contributed by atoms with van der Waals surface area (Å²) in [5.74, 6) is 1.27. The Morgan fingerprint density at radius 1 is 1.14 bits per heavy atom. The highest BCUT2D eigenvalue weighted by molar-refractivity contribution is 5.74. The highest BCUT2D eigenvalue weighted by Crippen LogP contribution is 2.39. The van der Waals surface area contributed by atoms with Gasteiger partial charge in [0.15, 0.2) is 11.5 Å². The lowest BCUT2D eigenvalue weighted by atomic mass is 9.95. The fourth-order valence-electron chi connectivity index (χ4n) is 3.88. The zero-order chi connectivity index (χ0) is 20.1. The first-order valence-corrected chi connectivity index (χ1v) is 9.52. The van der Waals surface area contributed by atoms with Crippen LogP contribution in [0.15, 0.2) is 42.5 Å². The quantitative estimate of drug-likeness (QED) is 0.747. The lowest BCUT2D eigenvalue weighted by molar-refractivity contribution is -0.142. The number of hydrogen-bond acceptors (Lipinski definition) is 5. The van der Waals surface area contributed by atoms with Gasteiger partial charge in [0, 0.05) is 6.54 Å². The lowest BCUT2D eigenvalue weighted by Crippen LogP contribution is -2.39. The number of hydrogen-bond donors (Lipinski definition) is 1. The van der Waals surface area contributed by atoms with E-state index in [0.29, 0.717) is 24.5 Å². The van der Waals surface area contributed by atoms with Crippen LogP contribution in [-0.4, -0.2) is 49.4 Å². The summed E-state index contributed by atoms with van der Waals surface area (Å²) < 4.78 is 16.6. The minimum Gasteiger partial charge on any atom is -0.497 e. The topological polar surface area (TPSA) is 68.2 Å². The van der Waals surface area contributed by atoms with Crippen LogP contribution in [0.2, 0.25) is 0 Å². The van der Waals surface area contributed by atoms with Gasteiger partial charge in [-0.25, -0.2) is 0 Å². The molecule has 2 atom stereocenters. The Labute approximate surface area is 165 Å². The number of ether oxygens (including phenoxy) is 3. The summed E-state index contributed by atoms with van der Waals surface area (Å²) in [6.07, 6.45) is 1.50. The minimum atomic E-state index is -0.788. The first kappa shape index (κ1) is 20.0. The Morgan fingerprint density at radius 2 is 1.93 bits per heavy atom. The van der Waals surface area contributed by atoms with Gasteiger partial charge in [-0.3, -0.25) is 9.69 Å². The van der Waals surface area contributed by atoms with Crippen molar-refractivity contribution in [2.45, 2.75) is 31.8 Å². The predicted octanol–water partition coefficient (Wildman–Crippen LogP) is 3.74. The molecule has 0 amide bonds. The van der Waals surface area contributed by atoms with E-state index in [1.54, 1.807) is 14.2 Å². The fraction of sp³-hybridized carbons (Fsp3) is 0.409. The Balaban J connectivity index is 2.10. The molecule has 0 aliphatic carbocycles. The molecule has 6 nitrogen and oxygen atoms in total. The number of methoxy groups -OCH3 is 2. The van der Waals surface area contributed by atoms with Gasteiger partial charge in [0.25, 0.3) is 0 Å². The first-order valence-electron chi connectivity index (χ1n) is 9.52. The second-order valence-corrected chi connectivity index (χ2v) is 6.76. The van der Waals surface area contributed by atoms with Crippen LogP contribution in [0.4, 0.5) is 0 Å². The molecule has 2 unspecified atom stereocenters. The molecule has 0 aromatic heterocycles. The largest absolute Gasteiger partial charge is 0.497 e. The number of nitrogens with zero attached hydrogens (tertiary/aromatic N) is 1.